The van der Waals surface area contributed by atoms with Crippen LogP contribution >= 0.6 is 15.9 Å². The Morgan fingerprint density at radius 2 is 1.95 bits per heavy atom. The summed E-state index contributed by atoms with van der Waals surface area (Å²) in [5.74, 6) is 1.79. The van der Waals surface area contributed by atoms with Crippen LogP contribution in [-0.4, -0.2) is 19.2 Å². The number of halogens is 1. The molecule has 3 N–H and O–H groups in total. The lowest BCUT2D eigenvalue weighted by Gasteiger charge is -2.10. The van der Waals surface area contributed by atoms with Crippen molar-refractivity contribution in [2.45, 2.75) is 0 Å². The van der Waals surface area contributed by atoms with Crippen LogP contribution in [0.3, 0.4) is 0 Å². The van der Waals surface area contributed by atoms with Gasteiger partial charge >= 0.3 is 0 Å². The van der Waals surface area contributed by atoms with Gasteiger partial charge in [0.1, 0.15) is 11.6 Å². The molecule has 100 valence electrons. The molecule has 1 aromatic heterocycles. The van der Waals surface area contributed by atoms with Gasteiger partial charge in [0.25, 0.3) is 0 Å². The highest BCUT2D eigenvalue weighted by Crippen LogP contribution is 2.30. The molecular weight excluding hydrogens is 310 g/mol. The van der Waals surface area contributed by atoms with E-state index in [4.69, 9.17) is 15.2 Å². The highest BCUT2D eigenvalue weighted by atomic mass is 79.9. The van der Waals surface area contributed by atoms with Crippen molar-refractivity contribution in [3.05, 3.63) is 34.8 Å². The molecular formula is C13H14BrN3O2. The topological polar surface area (TPSA) is 69.4 Å². The number of aromatic nitrogens is 1. The van der Waals surface area contributed by atoms with Crippen molar-refractivity contribution in [1.82, 2.24) is 4.98 Å². The minimum absolute atomic E-state index is 0.397. The van der Waals surface area contributed by atoms with Gasteiger partial charge in [0.2, 0.25) is 5.88 Å². The van der Waals surface area contributed by atoms with Crippen LogP contribution in [0.1, 0.15) is 0 Å². The molecule has 19 heavy (non-hydrogen) atoms. The number of nitrogens with one attached hydrogen (secondary N) is 1. The van der Waals surface area contributed by atoms with Crippen molar-refractivity contribution in [2.24, 2.45) is 0 Å². The number of ether oxygens (including phenoxy) is 2. The van der Waals surface area contributed by atoms with Gasteiger partial charge in [0.05, 0.1) is 24.4 Å². The number of nitrogens with two attached hydrogens (primary N) is 1. The summed E-state index contributed by atoms with van der Waals surface area (Å²) in [6.45, 7) is 0. The minimum atomic E-state index is 0.397. The Bertz CT molecular complexity index is 539. The van der Waals surface area contributed by atoms with Crippen molar-refractivity contribution in [3.8, 4) is 11.6 Å². The van der Waals surface area contributed by atoms with E-state index in [1.165, 1.54) is 7.11 Å². The summed E-state index contributed by atoms with van der Waals surface area (Å²) in [4.78, 5) is 4.25. The van der Waals surface area contributed by atoms with Crippen LogP contribution in [0.4, 0.5) is 17.2 Å². The maximum atomic E-state index is 5.72. The average Bonchev–Trinajstić information content (AvgIpc) is 2.43. The van der Waals surface area contributed by atoms with E-state index >= 15 is 0 Å². The zero-order chi connectivity index (χ0) is 13.8. The van der Waals surface area contributed by atoms with Gasteiger partial charge in [-0.3, -0.25) is 0 Å². The van der Waals surface area contributed by atoms with Crippen LogP contribution in [0.2, 0.25) is 0 Å². The monoisotopic (exact) mass is 323 g/mol. The molecule has 0 saturated carbocycles. The van der Waals surface area contributed by atoms with Crippen LogP contribution in [0, 0.1) is 0 Å². The SMILES string of the molecule is COc1cc(Nc2ccc(N)c(OC)n2)ccc1Br. The van der Waals surface area contributed by atoms with Crippen LogP contribution in [0.25, 0.3) is 0 Å². The zero-order valence-corrected chi connectivity index (χ0v) is 12.2. The maximum Gasteiger partial charge on any atom is 0.238 e. The molecule has 0 saturated heterocycles. The van der Waals surface area contributed by atoms with Gasteiger partial charge in [0.15, 0.2) is 0 Å². The van der Waals surface area contributed by atoms with E-state index in [0.29, 0.717) is 17.4 Å². The Hall–Kier alpha value is -1.95. The molecule has 0 aliphatic carbocycles. The van der Waals surface area contributed by atoms with Gasteiger partial charge in [0, 0.05) is 11.8 Å². The molecule has 0 unspecified atom stereocenters. The Labute approximate surface area is 119 Å². The van der Waals surface area contributed by atoms with Crippen LogP contribution in [0.15, 0.2) is 34.8 Å². The predicted octanol–water partition coefficient (Wildman–Crippen LogP) is 3.19. The van der Waals surface area contributed by atoms with Crippen molar-refractivity contribution in [3.63, 3.8) is 0 Å². The molecule has 0 fully saturated rings. The number of pyridine rings is 1. The Balaban J connectivity index is 2.25. The number of hydrogen-bond acceptors (Lipinski definition) is 5. The summed E-state index contributed by atoms with van der Waals surface area (Å²) in [6, 6.07) is 9.21. The summed E-state index contributed by atoms with van der Waals surface area (Å²) in [5.41, 5.74) is 7.08. The van der Waals surface area contributed by atoms with E-state index in [9.17, 15) is 0 Å². The first-order valence-corrected chi connectivity index (χ1v) is 6.34. The van der Waals surface area contributed by atoms with Gasteiger partial charge in [-0.15, -0.1) is 0 Å². The van der Waals surface area contributed by atoms with Crippen molar-refractivity contribution < 1.29 is 9.47 Å². The fourth-order valence-corrected chi connectivity index (χ4v) is 1.98. The highest BCUT2D eigenvalue weighted by molar-refractivity contribution is 9.10. The van der Waals surface area contributed by atoms with Crippen molar-refractivity contribution in [2.75, 3.05) is 25.3 Å². The Kier molecular flexibility index (Phi) is 4.11. The number of benzene rings is 1. The molecule has 0 radical (unpaired) electrons. The lowest BCUT2D eigenvalue weighted by atomic mass is 10.3. The molecule has 0 atom stereocenters. The molecule has 2 aromatic rings. The van der Waals surface area contributed by atoms with Crippen molar-refractivity contribution in [1.29, 1.82) is 0 Å². The lowest BCUT2D eigenvalue weighted by molar-refractivity contribution is 0.401. The average molecular weight is 324 g/mol. The number of rotatable bonds is 4. The molecule has 0 amide bonds. The molecule has 5 nitrogen and oxygen atoms in total. The van der Waals surface area contributed by atoms with E-state index in [2.05, 4.69) is 26.2 Å². The molecule has 0 aliphatic heterocycles. The van der Waals surface area contributed by atoms with Crippen molar-refractivity contribution >= 4 is 33.1 Å². The molecule has 6 heteroatoms. The first-order valence-electron chi connectivity index (χ1n) is 5.55. The van der Waals surface area contributed by atoms with E-state index in [0.717, 1.165) is 15.9 Å². The lowest BCUT2D eigenvalue weighted by Crippen LogP contribution is -1.99. The van der Waals surface area contributed by atoms with Gasteiger partial charge in [-0.1, -0.05) is 0 Å². The van der Waals surface area contributed by atoms with E-state index in [1.807, 2.05) is 18.2 Å². The van der Waals surface area contributed by atoms with Crippen LogP contribution in [-0.2, 0) is 0 Å². The second kappa shape index (κ2) is 5.79. The number of anilines is 3. The van der Waals surface area contributed by atoms with Gasteiger partial charge in [-0.05, 0) is 40.2 Å². The normalized spacial score (nSPS) is 10.1. The first kappa shape index (κ1) is 13.5. The molecule has 0 spiro atoms. The molecule has 0 aliphatic rings. The fraction of sp³-hybridized carbons (Fsp3) is 0.154. The molecule has 1 aromatic carbocycles. The predicted molar refractivity (Wildman–Crippen MR) is 79.2 cm³/mol. The quantitative estimate of drug-likeness (QED) is 0.904. The number of nitrogen functional groups attached to an aromatic ring is 1. The fourth-order valence-electron chi connectivity index (χ4n) is 1.57. The minimum Gasteiger partial charge on any atom is -0.495 e. The third-order valence-corrected chi connectivity index (χ3v) is 3.16. The largest absolute Gasteiger partial charge is 0.495 e. The Morgan fingerprint density at radius 1 is 1.16 bits per heavy atom. The zero-order valence-electron chi connectivity index (χ0n) is 10.6. The standard InChI is InChI=1S/C13H14BrN3O2/c1-18-11-7-8(3-4-9(11)14)16-12-6-5-10(15)13(17-12)19-2/h3-7H,15H2,1-2H3,(H,16,17). The van der Waals surface area contributed by atoms with Gasteiger partial charge in [-0.2, -0.15) is 4.98 Å². The smallest absolute Gasteiger partial charge is 0.238 e. The van der Waals surface area contributed by atoms with Crippen LogP contribution < -0.4 is 20.5 Å². The molecule has 1 heterocycles. The van der Waals surface area contributed by atoms with Gasteiger partial charge in [-0.25, -0.2) is 0 Å². The van der Waals surface area contributed by atoms with E-state index in [1.54, 1.807) is 19.2 Å². The molecule has 2 rings (SSSR count). The highest BCUT2D eigenvalue weighted by Gasteiger charge is 2.05. The third-order valence-electron chi connectivity index (χ3n) is 2.51. The summed E-state index contributed by atoms with van der Waals surface area (Å²) in [5, 5.41) is 3.16. The third kappa shape index (κ3) is 3.08. The summed E-state index contributed by atoms with van der Waals surface area (Å²) in [7, 11) is 3.15. The second-order valence-electron chi connectivity index (χ2n) is 3.77. The summed E-state index contributed by atoms with van der Waals surface area (Å²) in [6.07, 6.45) is 0. The number of hydrogen-bond donors (Lipinski definition) is 2. The molecule has 0 bridgehead atoms. The second-order valence-corrected chi connectivity index (χ2v) is 4.62. The van der Waals surface area contributed by atoms with E-state index < -0.39 is 0 Å². The van der Waals surface area contributed by atoms with E-state index in [-0.39, 0.29) is 0 Å². The first-order chi connectivity index (χ1) is 9.13. The number of nitrogens with zero attached hydrogens (tertiary/aromatic N) is 1. The Morgan fingerprint density at radius 3 is 2.63 bits per heavy atom. The van der Waals surface area contributed by atoms with Crippen LogP contribution in [0.5, 0.6) is 11.6 Å². The number of methoxy groups -OCH3 is 2. The van der Waals surface area contributed by atoms with Gasteiger partial charge < -0.3 is 20.5 Å². The summed E-state index contributed by atoms with van der Waals surface area (Å²) >= 11 is 3.40. The maximum absolute atomic E-state index is 5.72. The summed E-state index contributed by atoms with van der Waals surface area (Å²) < 4.78 is 11.2.